The largest absolute Gasteiger partial charge is 0.317 e. The highest BCUT2D eigenvalue weighted by molar-refractivity contribution is 6.30. The van der Waals surface area contributed by atoms with E-state index >= 15 is 0 Å². The Morgan fingerprint density at radius 2 is 2.07 bits per heavy atom. The number of hydrogen-bond donors (Lipinski definition) is 0. The summed E-state index contributed by atoms with van der Waals surface area (Å²) in [7, 11) is 0. The molecule has 0 spiro atoms. The molecule has 0 aliphatic rings. The summed E-state index contributed by atoms with van der Waals surface area (Å²) in [5.41, 5.74) is 1.92. The highest BCUT2D eigenvalue weighted by atomic mass is 35.5. The van der Waals surface area contributed by atoms with Gasteiger partial charge in [0, 0.05) is 11.9 Å². The fourth-order valence-corrected chi connectivity index (χ4v) is 1.99. The van der Waals surface area contributed by atoms with E-state index in [0.717, 1.165) is 34.2 Å². The van der Waals surface area contributed by atoms with Crippen molar-refractivity contribution in [2.75, 3.05) is 0 Å². The molecule has 2 rings (SSSR count). The van der Waals surface area contributed by atoms with Gasteiger partial charge in [0.2, 0.25) is 0 Å². The summed E-state index contributed by atoms with van der Waals surface area (Å²) >= 11 is 6.09. The number of nitrogens with zero attached hydrogens (tertiary/aromatic N) is 3. The van der Waals surface area contributed by atoms with Crippen LogP contribution in [0.3, 0.4) is 0 Å². The number of aryl methyl sites for hydroxylation is 3. The zero-order chi connectivity index (χ0) is 10.3. The Bertz CT molecular complexity index is 488. The van der Waals surface area contributed by atoms with E-state index in [0.29, 0.717) is 0 Å². The van der Waals surface area contributed by atoms with Crippen molar-refractivity contribution in [1.29, 1.82) is 0 Å². The van der Waals surface area contributed by atoms with Crippen LogP contribution in [0.4, 0.5) is 0 Å². The molecule has 2 aromatic heterocycles. The second-order valence-corrected chi connectivity index (χ2v) is 3.69. The molecule has 0 aliphatic heterocycles. The first kappa shape index (κ1) is 9.46. The molecule has 2 heterocycles. The van der Waals surface area contributed by atoms with Gasteiger partial charge in [-0.2, -0.15) is 0 Å². The molecule has 0 saturated heterocycles. The average Bonchev–Trinajstić information content (AvgIpc) is 2.41. The Hall–Kier alpha value is -1.09. The van der Waals surface area contributed by atoms with Crippen LogP contribution in [0.5, 0.6) is 0 Å². The number of fused-ring (bicyclic) bond motifs is 1. The van der Waals surface area contributed by atoms with Crippen molar-refractivity contribution in [3.05, 3.63) is 22.7 Å². The van der Waals surface area contributed by atoms with Crippen molar-refractivity contribution in [2.45, 2.75) is 27.3 Å². The maximum Gasteiger partial charge on any atom is 0.145 e. The summed E-state index contributed by atoms with van der Waals surface area (Å²) in [6.45, 7) is 6.76. The topological polar surface area (TPSA) is 30.7 Å². The third-order valence-corrected chi connectivity index (χ3v) is 2.63. The first-order chi connectivity index (χ1) is 6.63. The second kappa shape index (κ2) is 3.24. The predicted molar refractivity (Wildman–Crippen MR) is 57.7 cm³/mol. The quantitative estimate of drug-likeness (QED) is 0.723. The van der Waals surface area contributed by atoms with Gasteiger partial charge in [0.1, 0.15) is 16.6 Å². The fourth-order valence-electron chi connectivity index (χ4n) is 1.68. The van der Waals surface area contributed by atoms with Gasteiger partial charge in [-0.05, 0) is 26.8 Å². The summed E-state index contributed by atoms with van der Waals surface area (Å²) < 4.78 is 1.98. The van der Waals surface area contributed by atoms with Gasteiger partial charge in [-0.3, -0.25) is 0 Å². The number of hydrogen-bond acceptors (Lipinski definition) is 2. The molecule has 0 unspecified atom stereocenters. The summed E-state index contributed by atoms with van der Waals surface area (Å²) in [6, 6.07) is 1.93. The third kappa shape index (κ3) is 1.28. The minimum absolute atomic E-state index is 0.727. The molecular weight excluding hydrogens is 198 g/mol. The summed E-state index contributed by atoms with van der Waals surface area (Å²) in [5.74, 6) is 0.791. The highest BCUT2D eigenvalue weighted by Crippen LogP contribution is 2.23. The Morgan fingerprint density at radius 3 is 2.71 bits per heavy atom. The molecule has 0 radical (unpaired) electrons. The van der Waals surface area contributed by atoms with E-state index in [1.807, 2.05) is 24.5 Å². The van der Waals surface area contributed by atoms with Crippen LogP contribution in [-0.2, 0) is 6.54 Å². The number of halogens is 1. The van der Waals surface area contributed by atoms with Crippen molar-refractivity contribution in [1.82, 2.24) is 14.5 Å². The average molecular weight is 210 g/mol. The van der Waals surface area contributed by atoms with Gasteiger partial charge >= 0.3 is 0 Å². The van der Waals surface area contributed by atoms with Crippen molar-refractivity contribution in [2.24, 2.45) is 0 Å². The van der Waals surface area contributed by atoms with Crippen LogP contribution in [0, 0.1) is 13.8 Å². The normalized spacial score (nSPS) is 11.1. The predicted octanol–water partition coefficient (Wildman–Crippen LogP) is 2.72. The van der Waals surface area contributed by atoms with Crippen molar-refractivity contribution >= 4 is 22.6 Å². The number of aromatic nitrogens is 3. The van der Waals surface area contributed by atoms with Gasteiger partial charge in [-0.25, -0.2) is 9.97 Å². The number of rotatable bonds is 1. The van der Waals surface area contributed by atoms with Crippen molar-refractivity contribution in [3.63, 3.8) is 0 Å². The minimum Gasteiger partial charge on any atom is -0.317 e. The molecule has 3 nitrogen and oxygen atoms in total. The molecule has 0 amide bonds. The van der Waals surface area contributed by atoms with Crippen LogP contribution >= 0.6 is 11.6 Å². The van der Waals surface area contributed by atoms with Crippen LogP contribution < -0.4 is 0 Å². The van der Waals surface area contributed by atoms with Gasteiger partial charge in [0.25, 0.3) is 0 Å². The van der Waals surface area contributed by atoms with Crippen LogP contribution in [-0.4, -0.2) is 14.5 Å². The smallest absolute Gasteiger partial charge is 0.145 e. The fraction of sp³-hybridized carbons (Fsp3) is 0.400. The summed E-state index contributed by atoms with van der Waals surface area (Å²) in [4.78, 5) is 8.70. The third-order valence-electron chi connectivity index (χ3n) is 2.32. The van der Waals surface area contributed by atoms with Crippen LogP contribution in [0.1, 0.15) is 18.4 Å². The van der Waals surface area contributed by atoms with Gasteiger partial charge in [0.15, 0.2) is 0 Å². The molecule has 2 aromatic rings. The maximum atomic E-state index is 6.09. The molecule has 0 fully saturated rings. The van der Waals surface area contributed by atoms with Crippen molar-refractivity contribution < 1.29 is 0 Å². The zero-order valence-electron chi connectivity index (χ0n) is 8.50. The Kier molecular flexibility index (Phi) is 2.19. The van der Waals surface area contributed by atoms with Gasteiger partial charge in [-0.1, -0.05) is 11.6 Å². The Morgan fingerprint density at radius 1 is 1.36 bits per heavy atom. The van der Waals surface area contributed by atoms with E-state index < -0.39 is 0 Å². The molecule has 0 bridgehead atoms. The van der Waals surface area contributed by atoms with Crippen molar-refractivity contribution in [3.8, 4) is 0 Å². The lowest BCUT2D eigenvalue weighted by Gasteiger charge is -2.02. The molecule has 0 saturated carbocycles. The molecular formula is C10H12ClN3. The lowest BCUT2D eigenvalue weighted by molar-refractivity contribution is 0.784. The lowest BCUT2D eigenvalue weighted by Crippen LogP contribution is -1.98. The maximum absolute atomic E-state index is 6.09. The molecule has 0 aromatic carbocycles. The van der Waals surface area contributed by atoms with E-state index in [-0.39, 0.29) is 0 Å². The minimum atomic E-state index is 0.727. The summed E-state index contributed by atoms with van der Waals surface area (Å²) in [5, 5.41) is 1.77. The molecule has 0 aliphatic carbocycles. The SMILES string of the molecule is CCn1c(Cl)cc2c(C)nc(C)nc21. The monoisotopic (exact) mass is 209 g/mol. The van der Waals surface area contributed by atoms with Gasteiger partial charge < -0.3 is 4.57 Å². The molecule has 74 valence electrons. The first-order valence-corrected chi connectivity index (χ1v) is 5.01. The van der Waals surface area contributed by atoms with E-state index in [1.165, 1.54) is 0 Å². The second-order valence-electron chi connectivity index (χ2n) is 3.30. The lowest BCUT2D eigenvalue weighted by atomic mass is 10.3. The van der Waals surface area contributed by atoms with E-state index in [1.54, 1.807) is 0 Å². The molecule has 0 atom stereocenters. The Balaban J connectivity index is 2.87. The first-order valence-electron chi connectivity index (χ1n) is 4.63. The highest BCUT2D eigenvalue weighted by Gasteiger charge is 2.10. The van der Waals surface area contributed by atoms with Gasteiger partial charge in [0.05, 0.1) is 5.69 Å². The molecule has 4 heteroatoms. The Labute approximate surface area is 87.7 Å². The summed E-state index contributed by atoms with van der Waals surface area (Å²) in [6.07, 6.45) is 0. The zero-order valence-corrected chi connectivity index (χ0v) is 9.26. The molecule has 0 N–H and O–H groups in total. The van der Waals surface area contributed by atoms with Crippen LogP contribution in [0.2, 0.25) is 5.15 Å². The van der Waals surface area contributed by atoms with Crippen LogP contribution in [0.25, 0.3) is 11.0 Å². The van der Waals surface area contributed by atoms with E-state index in [2.05, 4.69) is 16.9 Å². The van der Waals surface area contributed by atoms with E-state index in [9.17, 15) is 0 Å². The van der Waals surface area contributed by atoms with Gasteiger partial charge in [-0.15, -0.1) is 0 Å². The van der Waals surface area contributed by atoms with E-state index in [4.69, 9.17) is 11.6 Å². The molecule has 14 heavy (non-hydrogen) atoms. The standard InChI is InChI=1S/C10H12ClN3/c1-4-14-9(11)5-8-6(2)12-7(3)13-10(8)14/h5H,4H2,1-3H3. The van der Waals surface area contributed by atoms with Crippen LogP contribution in [0.15, 0.2) is 6.07 Å².